The SMILES string of the molecule is C=CCN1C(=O)/C(=C\c2ccc(OCC(=O)O)c(OC)c2)C(=O)NC1=S. The number of benzene rings is 1. The molecule has 0 unspecified atom stereocenters. The maximum absolute atomic E-state index is 12.5. The average Bonchev–Trinajstić information content (AvgIpc) is 2.60. The number of carboxylic acid groups (broad SMARTS) is 1. The largest absolute Gasteiger partial charge is 0.493 e. The first-order valence-electron chi connectivity index (χ1n) is 7.39. The zero-order valence-electron chi connectivity index (χ0n) is 13.9. The van der Waals surface area contributed by atoms with Crippen LogP contribution in [0.2, 0.25) is 0 Å². The van der Waals surface area contributed by atoms with Gasteiger partial charge in [-0.1, -0.05) is 12.1 Å². The minimum atomic E-state index is -1.12. The van der Waals surface area contributed by atoms with Crippen LogP contribution in [0, 0.1) is 0 Å². The van der Waals surface area contributed by atoms with E-state index < -0.39 is 24.4 Å². The van der Waals surface area contributed by atoms with Crippen LogP contribution in [0.25, 0.3) is 6.08 Å². The molecule has 1 saturated heterocycles. The minimum absolute atomic E-state index is 0.0204. The lowest BCUT2D eigenvalue weighted by Crippen LogP contribution is -2.53. The number of rotatable bonds is 7. The van der Waals surface area contributed by atoms with Gasteiger partial charge in [-0.25, -0.2) is 4.79 Å². The Morgan fingerprint density at radius 1 is 1.38 bits per heavy atom. The number of thiocarbonyl (C=S) groups is 1. The van der Waals surface area contributed by atoms with E-state index in [1.165, 1.54) is 36.3 Å². The van der Waals surface area contributed by atoms with Gasteiger partial charge in [0.05, 0.1) is 7.11 Å². The topological polar surface area (TPSA) is 105 Å². The fourth-order valence-corrected chi connectivity index (χ4v) is 2.44. The van der Waals surface area contributed by atoms with Gasteiger partial charge in [0.1, 0.15) is 5.57 Å². The molecular formula is C17H16N2O6S. The van der Waals surface area contributed by atoms with Crippen LogP contribution in [0.1, 0.15) is 5.56 Å². The molecule has 8 nitrogen and oxygen atoms in total. The molecule has 136 valence electrons. The Kier molecular flexibility index (Phi) is 6.07. The van der Waals surface area contributed by atoms with E-state index in [4.69, 9.17) is 26.8 Å². The van der Waals surface area contributed by atoms with E-state index in [2.05, 4.69) is 11.9 Å². The third kappa shape index (κ3) is 4.25. The lowest BCUT2D eigenvalue weighted by molar-refractivity contribution is -0.139. The lowest BCUT2D eigenvalue weighted by Gasteiger charge is -2.27. The minimum Gasteiger partial charge on any atom is -0.493 e. The van der Waals surface area contributed by atoms with Gasteiger partial charge in [-0.2, -0.15) is 0 Å². The van der Waals surface area contributed by atoms with E-state index in [0.717, 1.165) is 0 Å². The van der Waals surface area contributed by atoms with E-state index in [9.17, 15) is 14.4 Å². The molecule has 9 heteroatoms. The van der Waals surface area contributed by atoms with E-state index in [1.807, 2.05) is 0 Å². The van der Waals surface area contributed by atoms with Crippen molar-refractivity contribution in [2.45, 2.75) is 0 Å². The van der Waals surface area contributed by atoms with Crippen molar-refractivity contribution in [3.63, 3.8) is 0 Å². The summed E-state index contributed by atoms with van der Waals surface area (Å²) in [6.07, 6.45) is 2.88. The summed E-state index contributed by atoms with van der Waals surface area (Å²) in [7, 11) is 1.39. The molecule has 1 aliphatic heterocycles. The van der Waals surface area contributed by atoms with Crippen molar-refractivity contribution in [2.24, 2.45) is 0 Å². The molecule has 0 spiro atoms. The summed E-state index contributed by atoms with van der Waals surface area (Å²) in [5, 5.41) is 11.1. The second kappa shape index (κ2) is 8.26. The highest BCUT2D eigenvalue weighted by Gasteiger charge is 2.32. The monoisotopic (exact) mass is 376 g/mol. The Bertz CT molecular complexity index is 817. The number of hydrogen-bond acceptors (Lipinski definition) is 6. The quantitative estimate of drug-likeness (QED) is 0.316. The number of carbonyl (C=O) groups is 3. The fraction of sp³-hybridized carbons (Fsp3) is 0.176. The molecule has 1 aromatic carbocycles. The van der Waals surface area contributed by atoms with Crippen molar-refractivity contribution in [3.05, 3.63) is 42.0 Å². The molecule has 0 aromatic heterocycles. The van der Waals surface area contributed by atoms with Crippen LogP contribution in [-0.2, 0) is 14.4 Å². The van der Waals surface area contributed by atoms with Crippen LogP contribution >= 0.6 is 12.2 Å². The van der Waals surface area contributed by atoms with Crippen LogP contribution in [0.15, 0.2) is 36.4 Å². The van der Waals surface area contributed by atoms with Crippen molar-refractivity contribution < 1.29 is 29.0 Å². The zero-order valence-corrected chi connectivity index (χ0v) is 14.7. The number of carbonyl (C=O) groups excluding carboxylic acids is 2. The van der Waals surface area contributed by atoms with E-state index >= 15 is 0 Å². The number of ether oxygens (including phenoxy) is 2. The standard InChI is InChI=1S/C17H16N2O6S/c1-3-6-19-16(23)11(15(22)18-17(19)26)7-10-4-5-12(13(8-10)24-2)25-9-14(20)21/h3-5,7-8H,1,6,9H2,2H3,(H,20,21)(H,18,22,26)/b11-7-. The molecule has 2 amide bonds. The highest BCUT2D eigenvalue weighted by molar-refractivity contribution is 7.80. The van der Waals surface area contributed by atoms with Crippen molar-refractivity contribution in [3.8, 4) is 11.5 Å². The van der Waals surface area contributed by atoms with Crippen LogP contribution in [0.3, 0.4) is 0 Å². The number of nitrogens with one attached hydrogen (secondary N) is 1. The number of methoxy groups -OCH3 is 1. The number of nitrogens with zero attached hydrogens (tertiary/aromatic N) is 1. The first-order valence-corrected chi connectivity index (χ1v) is 7.80. The molecule has 1 heterocycles. The fourth-order valence-electron chi connectivity index (χ4n) is 2.19. The van der Waals surface area contributed by atoms with Crippen molar-refractivity contribution in [2.75, 3.05) is 20.3 Å². The maximum Gasteiger partial charge on any atom is 0.341 e. The van der Waals surface area contributed by atoms with Gasteiger partial charge in [-0.05, 0) is 36.0 Å². The summed E-state index contributed by atoms with van der Waals surface area (Å²) >= 11 is 4.98. The second-order valence-electron chi connectivity index (χ2n) is 5.11. The molecule has 1 aliphatic rings. The summed E-state index contributed by atoms with van der Waals surface area (Å²) in [5.74, 6) is -1.77. The molecule has 1 fully saturated rings. The maximum atomic E-state index is 12.5. The summed E-state index contributed by atoms with van der Waals surface area (Å²) in [6.45, 7) is 3.20. The zero-order chi connectivity index (χ0) is 19.3. The molecule has 0 atom stereocenters. The molecular weight excluding hydrogens is 360 g/mol. The van der Waals surface area contributed by atoms with Gasteiger partial charge in [-0.3, -0.25) is 19.8 Å². The van der Waals surface area contributed by atoms with Gasteiger partial charge in [-0.15, -0.1) is 6.58 Å². The molecule has 2 N–H and O–H groups in total. The predicted octanol–water partition coefficient (Wildman–Crippen LogP) is 0.971. The first-order chi connectivity index (χ1) is 12.4. The Labute approximate surface area is 154 Å². The number of carboxylic acids is 1. The van der Waals surface area contributed by atoms with Gasteiger partial charge in [0.25, 0.3) is 11.8 Å². The molecule has 0 saturated carbocycles. The Morgan fingerprint density at radius 2 is 2.12 bits per heavy atom. The number of hydrogen-bond donors (Lipinski definition) is 2. The van der Waals surface area contributed by atoms with Crippen LogP contribution in [0.5, 0.6) is 11.5 Å². The highest BCUT2D eigenvalue weighted by Crippen LogP contribution is 2.29. The highest BCUT2D eigenvalue weighted by atomic mass is 32.1. The van der Waals surface area contributed by atoms with Gasteiger partial charge < -0.3 is 14.6 Å². The van der Waals surface area contributed by atoms with Crippen molar-refractivity contribution in [1.82, 2.24) is 10.2 Å². The molecule has 0 aliphatic carbocycles. The Balaban J connectivity index is 2.33. The normalized spacial score (nSPS) is 15.7. The van der Waals surface area contributed by atoms with E-state index in [-0.39, 0.29) is 28.7 Å². The summed E-state index contributed by atoms with van der Waals surface area (Å²) in [4.78, 5) is 36.4. The number of aliphatic carboxylic acids is 1. The smallest absolute Gasteiger partial charge is 0.341 e. The van der Waals surface area contributed by atoms with Crippen LogP contribution < -0.4 is 14.8 Å². The summed E-state index contributed by atoms with van der Waals surface area (Å²) in [5.41, 5.74) is 0.399. The Hall–Kier alpha value is -3.20. The van der Waals surface area contributed by atoms with Crippen LogP contribution in [-0.4, -0.2) is 53.2 Å². The first kappa shape index (κ1) is 19.1. The molecule has 0 bridgehead atoms. The predicted molar refractivity (Wildman–Crippen MR) is 96.8 cm³/mol. The Morgan fingerprint density at radius 3 is 2.73 bits per heavy atom. The summed E-state index contributed by atoms with van der Waals surface area (Å²) in [6, 6.07) is 4.58. The second-order valence-corrected chi connectivity index (χ2v) is 5.50. The lowest BCUT2D eigenvalue weighted by atomic mass is 10.1. The third-order valence-electron chi connectivity index (χ3n) is 3.35. The van der Waals surface area contributed by atoms with Gasteiger partial charge >= 0.3 is 5.97 Å². The summed E-state index contributed by atoms with van der Waals surface area (Å²) < 4.78 is 10.3. The third-order valence-corrected chi connectivity index (χ3v) is 3.67. The number of amides is 2. The van der Waals surface area contributed by atoms with Gasteiger partial charge in [0.2, 0.25) is 0 Å². The molecule has 2 rings (SSSR count). The van der Waals surface area contributed by atoms with Crippen molar-refractivity contribution >= 4 is 41.2 Å². The van der Waals surface area contributed by atoms with Crippen LogP contribution in [0.4, 0.5) is 0 Å². The van der Waals surface area contributed by atoms with Crippen molar-refractivity contribution in [1.29, 1.82) is 0 Å². The van der Waals surface area contributed by atoms with Gasteiger partial charge in [0.15, 0.2) is 23.2 Å². The van der Waals surface area contributed by atoms with Gasteiger partial charge in [0, 0.05) is 6.54 Å². The van der Waals surface area contributed by atoms with E-state index in [0.29, 0.717) is 5.56 Å². The molecule has 26 heavy (non-hydrogen) atoms. The average molecular weight is 376 g/mol. The molecule has 1 aromatic rings. The van der Waals surface area contributed by atoms with E-state index in [1.54, 1.807) is 6.07 Å². The molecule has 0 radical (unpaired) electrons.